The Morgan fingerprint density at radius 1 is 1.09 bits per heavy atom. The number of aromatic amines is 1. The molecular weight excluding hydrogens is 290 g/mol. The molecule has 0 unspecified atom stereocenters. The van der Waals surface area contributed by atoms with Gasteiger partial charge >= 0.3 is 0 Å². The molecule has 0 amide bonds. The van der Waals surface area contributed by atoms with Gasteiger partial charge < -0.3 is 9.72 Å². The predicted molar refractivity (Wildman–Crippen MR) is 89.3 cm³/mol. The van der Waals surface area contributed by atoms with Crippen molar-refractivity contribution in [2.45, 2.75) is 20.0 Å². The van der Waals surface area contributed by atoms with Crippen molar-refractivity contribution in [3.63, 3.8) is 0 Å². The van der Waals surface area contributed by atoms with Gasteiger partial charge in [0.1, 0.15) is 11.4 Å². The number of nitrogens with zero attached hydrogens (tertiary/aromatic N) is 2. The number of hydrogen-bond donors (Lipinski definition) is 1. The molecule has 1 aromatic carbocycles. The highest BCUT2D eigenvalue weighted by atomic mass is 16.5. The van der Waals surface area contributed by atoms with Crippen molar-refractivity contribution < 1.29 is 4.74 Å². The van der Waals surface area contributed by atoms with Crippen LogP contribution >= 0.6 is 0 Å². The van der Waals surface area contributed by atoms with Gasteiger partial charge in [0.25, 0.3) is 5.56 Å². The first kappa shape index (κ1) is 15.0. The Bertz CT molecular complexity index is 857. The van der Waals surface area contributed by atoms with Crippen molar-refractivity contribution in [2.24, 2.45) is 0 Å². The number of hydrogen-bond acceptors (Lipinski definition) is 4. The molecule has 116 valence electrons. The summed E-state index contributed by atoms with van der Waals surface area (Å²) in [6, 6.07) is 14.6. The quantitative estimate of drug-likeness (QED) is 0.803. The molecule has 5 nitrogen and oxygen atoms in total. The van der Waals surface area contributed by atoms with Crippen molar-refractivity contribution in [1.82, 2.24) is 15.0 Å². The zero-order chi connectivity index (χ0) is 16.2. The maximum absolute atomic E-state index is 12.0. The summed E-state index contributed by atoms with van der Waals surface area (Å²) < 4.78 is 5.76. The van der Waals surface area contributed by atoms with Crippen molar-refractivity contribution in [1.29, 1.82) is 0 Å². The second-order valence-electron chi connectivity index (χ2n) is 5.36. The molecule has 0 fully saturated rings. The van der Waals surface area contributed by atoms with Gasteiger partial charge in [0.2, 0.25) is 0 Å². The number of benzene rings is 1. The Hall–Kier alpha value is -2.95. The van der Waals surface area contributed by atoms with Crippen LogP contribution in [0, 0.1) is 0 Å². The van der Waals surface area contributed by atoms with E-state index in [0.29, 0.717) is 23.0 Å². The molecule has 1 N–H and O–H groups in total. The van der Waals surface area contributed by atoms with Gasteiger partial charge in [-0.25, -0.2) is 9.97 Å². The highest BCUT2D eigenvalue weighted by Crippen LogP contribution is 2.26. The van der Waals surface area contributed by atoms with E-state index in [9.17, 15) is 4.79 Å². The molecule has 0 aliphatic carbocycles. The number of aromatic nitrogens is 3. The third kappa shape index (κ3) is 3.45. The fourth-order valence-corrected chi connectivity index (χ4v) is 2.24. The zero-order valence-electron chi connectivity index (χ0n) is 13.0. The van der Waals surface area contributed by atoms with Gasteiger partial charge in [0.15, 0.2) is 5.82 Å². The fraction of sp³-hybridized carbons (Fsp3) is 0.167. The molecule has 2 heterocycles. The van der Waals surface area contributed by atoms with Crippen molar-refractivity contribution in [3.05, 3.63) is 65.1 Å². The fourth-order valence-electron chi connectivity index (χ4n) is 2.24. The third-order valence-electron chi connectivity index (χ3n) is 3.17. The van der Waals surface area contributed by atoms with Gasteiger partial charge in [-0.15, -0.1) is 0 Å². The third-order valence-corrected chi connectivity index (χ3v) is 3.17. The maximum atomic E-state index is 12.0. The lowest BCUT2D eigenvalue weighted by Crippen LogP contribution is -2.11. The van der Waals surface area contributed by atoms with E-state index < -0.39 is 0 Å². The lowest BCUT2D eigenvalue weighted by molar-refractivity contribution is 0.242. The predicted octanol–water partition coefficient (Wildman–Crippen LogP) is 3.29. The molecule has 3 aromatic rings. The number of nitrogens with one attached hydrogen (secondary N) is 1. The minimum Gasteiger partial charge on any atom is -0.489 e. The topological polar surface area (TPSA) is 67.9 Å². The molecule has 23 heavy (non-hydrogen) atoms. The Balaban J connectivity index is 2.11. The minimum absolute atomic E-state index is 0.00183. The van der Waals surface area contributed by atoms with Crippen LogP contribution in [0.25, 0.3) is 22.8 Å². The summed E-state index contributed by atoms with van der Waals surface area (Å²) in [5.41, 5.74) is 1.78. The van der Waals surface area contributed by atoms with E-state index >= 15 is 0 Å². The smallest absolute Gasteiger partial charge is 0.251 e. The van der Waals surface area contributed by atoms with Crippen LogP contribution in [0.5, 0.6) is 5.75 Å². The minimum atomic E-state index is -0.227. The molecule has 0 radical (unpaired) electrons. The second kappa shape index (κ2) is 6.44. The van der Waals surface area contributed by atoms with E-state index in [2.05, 4.69) is 15.0 Å². The molecular formula is C18H17N3O2. The number of H-pyrrole nitrogens is 1. The van der Waals surface area contributed by atoms with Crippen LogP contribution < -0.4 is 10.3 Å². The Morgan fingerprint density at radius 3 is 2.61 bits per heavy atom. The second-order valence-corrected chi connectivity index (χ2v) is 5.36. The normalized spacial score (nSPS) is 10.7. The Labute approximate surface area is 134 Å². The standard InChI is InChI=1S/C18H17N3O2/c1-12(2)23-15-9-6-10-19-17(15)18-20-14(11-16(22)21-18)13-7-4-3-5-8-13/h3-12H,1-2H3,(H,20,21,22). The van der Waals surface area contributed by atoms with Crippen LogP contribution in [0.15, 0.2) is 59.5 Å². The van der Waals surface area contributed by atoms with Crippen LogP contribution in [0.1, 0.15) is 13.8 Å². The van der Waals surface area contributed by atoms with Gasteiger partial charge in [0.05, 0.1) is 11.8 Å². The van der Waals surface area contributed by atoms with E-state index in [0.717, 1.165) is 5.56 Å². The van der Waals surface area contributed by atoms with Crippen LogP contribution in [0.4, 0.5) is 0 Å². The SMILES string of the molecule is CC(C)Oc1cccnc1-c1nc(-c2ccccc2)cc(=O)[nH]1. The molecule has 0 aliphatic heterocycles. The van der Waals surface area contributed by atoms with E-state index in [-0.39, 0.29) is 11.7 Å². The first-order valence-electron chi connectivity index (χ1n) is 7.42. The summed E-state index contributed by atoms with van der Waals surface area (Å²) in [6.45, 7) is 3.88. The zero-order valence-corrected chi connectivity index (χ0v) is 13.0. The first-order valence-corrected chi connectivity index (χ1v) is 7.42. The van der Waals surface area contributed by atoms with Crippen LogP contribution in [-0.2, 0) is 0 Å². The molecule has 5 heteroatoms. The molecule has 0 bridgehead atoms. The number of ether oxygens (including phenoxy) is 1. The van der Waals surface area contributed by atoms with Gasteiger partial charge in [-0.3, -0.25) is 4.79 Å². The average molecular weight is 307 g/mol. The lowest BCUT2D eigenvalue weighted by atomic mass is 10.1. The lowest BCUT2D eigenvalue weighted by Gasteiger charge is -2.13. The average Bonchev–Trinajstić information content (AvgIpc) is 2.55. The van der Waals surface area contributed by atoms with Crippen LogP contribution in [-0.4, -0.2) is 21.1 Å². The number of rotatable bonds is 4. The Kier molecular flexibility index (Phi) is 4.19. The van der Waals surface area contributed by atoms with E-state index in [1.807, 2.05) is 50.2 Å². The van der Waals surface area contributed by atoms with Crippen molar-refractivity contribution in [3.8, 4) is 28.5 Å². The van der Waals surface area contributed by atoms with Crippen LogP contribution in [0.2, 0.25) is 0 Å². The van der Waals surface area contributed by atoms with E-state index in [1.54, 1.807) is 12.3 Å². The summed E-state index contributed by atoms with van der Waals surface area (Å²) in [4.78, 5) is 23.6. The highest BCUT2D eigenvalue weighted by Gasteiger charge is 2.13. The Morgan fingerprint density at radius 2 is 1.87 bits per heavy atom. The molecule has 0 saturated heterocycles. The molecule has 0 spiro atoms. The molecule has 2 aromatic heterocycles. The summed E-state index contributed by atoms with van der Waals surface area (Å²) in [6.07, 6.45) is 1.65. The molecule has 0 saturated carbocycles. The number of pyridine rings is 1. The van der Waals surface area contributed by atoms with Crippen molar-refractivity contribution in [2.75, 3.05) is 0 Å². The molecule has 0 atom stereocenters. The monoisotopic (exact) mass is 307 g/mol. The molecule has 3 rings (SSSR count). The van der Waals surface area contributed by atoms with Gasteiger partial charge in [0, 0.05) is 17.8 Å². The largest absolute Gasteiger partial charge is 0.489 e. The first-order chi connectivity index (χ1) is 11.1. The highest BCUT2D eigenvalue weighted by molar-refractivity contribution is 5.64. The van der Waals surface area contributed by atoms with Gasteiger partial charge in [-0.2, -0.15) is 0 Å². The van der Waals surface area contributed by atoms with Gasteiger partial charge in [-0.1, -0.05) is 30.3 Å². The van der Waals surface area contributed by atoms with E-state index in [1.165, 1.54) is 6.07 Å². The summed E-state index contributed by atoms with van der Waals surface area (Å²) in [7, 11) is 0. The van der Waals surface area contributed by atoms with Gasteiger partial charge in [-0.05, 0) is 26.0 Å². The summed E-state index contributed by atoms with van der Waals surface area (Å²) in [5, 5.41) is 0. The maximum Gasteiger partial charge on any atom is 0.251 e. The van der Waals surface area contributed by atoms with Crippen molar-refractivity contribution >= 4 is 0 Å². The summed E-state index contributed by atoms with van der Waals surface area (Å²) in [5.74, 6) is 0.989. The van der Waals surface area contributed by atoms with Crippen LogP contribution in [0.3, 0.4) is 0 Å². The summed E-state index contributed by atoms with van der Waals surface area (Å²) >= 11 is 0. The molecule has 0 aliphatic rings. The van der Waals surface area contributed by atoms with E-state index in [4.69, 9.17) is 4.74 Å².